The first-order valence-corrected chi connectivity index (χ1v) is 11.9. The van der Waals surface area contributed by atoms with Gasteiger partial charge in [-0.2, -0.15) is 5.10 Å². The van der Waals surface area contributed by atoms with Crippen molar-refractivity contribution in [2.45, 2.75) is 19.4 Å². The zero-order valence-electron chi connectivity index (χ0n) is 20.6. The number of benzene rings is 3. The van der Waals surface area contributed by atoms with Crippen LogP contribution in [0.15, 0.2) is 84.0 Å². The molecule has 196 valence electrons. The van der Waals surface area contributed by atoms with E-state index >= 15 is 0 Å². The third-order valence-corrected chi connectivity index (χ3v) is 5.50. The summed E-state index contributed by atoms with van der Waals surface area (Å²) >= 11 is 6.12. The monoisotopic (exact) mass is 533 g/mol. The molecule has 3 rings (SSSR count). The van der Waals surface area contributed by atoms with Crippen molar-refractivity contribution < 1.29 is 14.4 Å². The topological polar surface area (TPSA) is 155 Å². The van der Waals surface area contributed by atoms with E-state index in [-0.39, 0.29) is 12.3 Å². The largest absolute Gasteiger partial charge is 0.340 e. The van der Waals surface area contributed by atoms with Gasteiger partial charge >= 0.3 is 0 Å². The van der Waals surface area contributed by atoms with Gasteiger partial charge in [0.05, 0.1) is 5.69 Å². The molecule has 0 heterocycles. The second kappa shape index (κ2) is 13.6. The third kappa shape index (κ3) is 8.47. The molecule has 7 N–H and O–H groups in total. The van der Waals surface area contributed by atoms with Crippen molar-refractivity contribution in [1.82, 2.24) is 5.32 Å². The van der Waals surface area contributed by atoms with Crippen LogP contribution in [-0.2, 0) is 20.8 Å². The molecule has 38 heavy (non-hydrogen) atoms. The highest BCUT2D eigenvalue weighted by atomic mass is 35.5. The van der Waals surface area contributed by atoms with Crippen molar-refractivity contribution in [3.05, 3.63) is 95.0 Å². The van der Waals surface area contributed by atoms with Crippen molar-refractivity contribution in [1.29, 1.82) is 0 Å². The van der Waals surface area contributed by atoms with Gasteiger partial charge in [0.15, 0.2) is 0 Å². The Hall–Kier alpha value is -4.67. The van der Waals surface area contributed by atoms with Crippen molar-refractivity contribution >= 4 is 58.8 Å². The first kappa shape index (κ1) is 27.9. The van der Waals surface area contributed by atoms with Gasteiger partial charge in [-0.25, -0.2) is 5.84 Å². The van der Waals surface area contributed by atoms with Gasteiger partial charge in [-0.1, -0.05) is 41.9 Å². The van der Waals surface area contributed by atoms with Crippen LogP contribution in [0.1, 0.15) is 18.1 Å². The minimum Gasteiger partial charge on any atom is -0.340 e. The molecule has 3 amide bonds. The molecule has 10 nitrogen and oxygen atoms in total. The number of amides is 3. The van der Waals surface area contributed by atoms with E-state index in [0.717, 1.165) is 5.56 Å². The SMILES string of the molecule is CC(=O)Nc1ccc(NC(=O)C(Cc2ccccc2)NC(=O)/C=C/c2cc(Cl)ccc2N(N)/C=N\N)cc1. The maximum Gasteiger partial charge on any atom is 0.247 e. The Kier molecular flexibility index (Phi) is 9.98. The average molecular weight is 534 g/mol. The van der Waals surface area contributed by atoms with Crippen LogP contribution >= 0.6 is 11.6 Å². The van der Waals surface area contributed by atoms with Gasteiger partial charge in [0, 0.05) is 41.4 Å². The number of nitrogens with zero attached hydrogens (tertiary/aromatic N) is 2. The van der Waals surface area contributed by atoms with Crippen LogP contribution in [0.4, 0.5) is 17.1 Å². The second-order valence-electron chi connectivity index (χ2n) is 8.21. The van der Waals surface area contributed by atoms with Crippen molar-refractivity contribution in [3.63, 3.8) is 0 Å². The highest BCUT2D eigenvalue weighted by Crippen LogP contribution is 2.23. The van der Waals surface area contributed by atoms with Crippen LogP contribution in [0, 0.1) is 0 Å². The predicted molar refractivity (Wildman–Crippen MR) is 151 cm³/mol. The fourth-order valence-electron chi connectivity index (χ4n) is 3.54. The normalized spacial score (nSPS) is 11.8. The number of hydrogen-bond donors (Lipinski definition) is 5. The van der Waals surface area contributed by atoms with E-state index in [1.807, 2.05) is 30.3 Å². The molecule has 3 aromatic carbocycles. The van der Waals surface area contributed by atoms with E-state index in [1.54, 1.807) is 42.5 Å². The standard InChI is InChI=1S/C27H28ClN7O3/c1-18(36)32-22-9-11-23(12-10-22)33-27(38)24(15-19-5-3-2-4-6-19)34-26(37)14-7-20-16-21(28)8-13-25(20)35(30)17-31-29/h2-14,16-17,24H,15,29-30H2,1H3,(H,32,36)(H,33,38)(H,34,37)/b14-7+,31-17-. The van der Waals surface area contributed by atoms with Gasteiger partial charge in [-0.3, -0.25) is 19.4 Å². The lowest BCUT2D eigenvalue weighted by atomic mass is 10.0. The number of nitrogens with two attached hydrogens (primary N) is 2. The Balaban J connectivity index is 1.77. The van der Waals surface area contributed by atoms with E-state index in [4.69, 9.17) is 23.3 Å². The Morgan fingerprint density at radius 2 is 1.66 bits per heavy atom. The Morgan fingerprint density at radius 1 is 1.00 bits per heavy atom. The zero-order valence-corrected chi connectivity index (χ0v) is 21.4. The molecule has 0 bridgehead atoms. The summed E-state index contributed by atoms with van der Waals surface area (Å²) in [6.45, 7) is 1.41. The van der Waals surface area contributed by atoms with Gasteiger partial charge in [0.2, 0.25) is 17.7 Å². The first-order valence-electron chi connectivity index (χ1n) is 11.5. The zero-order chi connectivity index (χ0) is 27.5. The fourth-order valence-corrected chi connectivity index (χ4v) is 3.72. The molecular formula is C27H28ClN7O3. The van der Waals surface area contributed by atoms with Crippen LogP contribution < -0.4 is 32.6 Å². The highest BCUT2D eigenvalue weighted by molar-refractivity contribution is 6.30. The van der Waals surface area contributed by atoms with Gasteiger partial charge in [-0.05, 0) is 54.1 Å². The van der Waals surface area contributed by atoms with Crippen molar-refractivity contribution in [3.8, 4) is 0 Å². The predicted octanol–water partition coefficient (Wildman–Crippen LogP) is 3.26. The van der Waals surface area contributed by atoms with Gasteiger partial charge in [-0.15, -0.1) is 0 Å². The van der Waals surface area contributed by atoms with Gasteiger partial charge in [0.25, 0.3) is 0 Å². The number of carbonyl (C=O) groups is 3. The number of hydrazone groups is 1. The summed E-state index contributed by atoms with van der Waals surface area (Å²) in [6.07, 6.45) is 4.29. The molecule has 0 radical (unpaired) electrons. The molecule has 0 saturated carbocycles. The quantitative estimate of drug-likeness (QED) is 0.0885. The number of rotatable bonds is 10. The van der Waals surface area contributed by atoms with Crippen molar-refractivity contribution in [2.75, 3.05) is 15.6 Å². The molecule has 0 aromatic heterocycles. The molecule has 0 aliphatic rings. The summed E-state index contributed by atoms with van der Waals surface area (Å²) in [4.78, 5) is 37.3. The van der Waals surface area contributed by atoms with E-state index in [1.165, 1.54) is 30.4 Å². The Morgan fingerprint density at radius 3 is 2.29 bits per heavy atom. The minimum atomic E-state index is -0.876. The minimum absolute atomic E-state index is 0.197. The number of anilines is 3. The van der Waals surface area contributed by atoms with Gasteiger partial charge < -0.3 is 21.8 Å². The molecule has 1 atom stereocenters. The lowest BCUT2D eigenvalue weighted by Crippen LogP contribution is -2.44. The number of hydrogen-bond acceptors (Lipinski definition) is 6. The van der Waals surface area contributed by atoms with E-state index in [2.05, 4.69) is 21.1 Å². The molecule has 11 heteroatoms. The van der Waals surface area contributed by atoms with Crippen LogP contribution in [-0.4, -0.2) is 30.1 Å². The maximum atomic E-state index is 13.2. The molecule has 0 spiro atoms. The van der Waals surface area contributed by atoms with Crippen LogP contribution in [0.5, 0.6) is 0 Å². The summed E-state index contributed by atoms with van der Waals surface area (Å²) in [5, 5.41) is 13.3. The van der Waals surface area contributed by atoms with E-state index in [9.17, 15) is 14.4 Å². The number of halogens is 1. The molecule has 0 aliphatic carbocycles. The van der Waals surface area contributed by atoms with Crippen LogP contribution in [0.3, 0.4) is 0 Å². The molecular weight excluding hydrogens is 506 g/mol. The van der Waals surface area contributed by atoms with Crippen molar-refractivity contribution in [2.24, 2.45) is 16.8 Å². The second-order valence-corrected chi connectivity index (χ2v) is 8.64. The summed E-state index contributed by atoms with van der Waals surface area (Å²) in [5.41, 5.74) is 3.03. The van der Waals surface area contributed by atoms with Gasteiger partial charge in [0.1, 0.15) is 12.4 Å². The Labute approximate surface area is 225 Å². The summed E-state index contributed by atoms with van der Waals surface area (Å²) in [5.74, 6) is 10.0. The number of hydrazine groups is 1. The summed E-state index contributed by atoms with van der Waals surface area (Å²) in [6, 6.07) is 20.0. The molecule has 0 aliphatic heterocycles. The smallest absolute Gasteiger partial charge is 0.247 e. The summed E-state index contributed by atoms with van der Waals surface area (Å²) < 4.78 is 0. The van der Waals surface area contributed by atoms with Crippen LogP contribution in [0.25, 0.3) is 6.08 Å². The maximum absolute atomic E-state index is 13.2. The fraction of sp³-hybridized carbons (Fsp3) is 0.111. The Bertz CT molecular complexity index is 1330. The summed E-state index contributed by atoms with van der Waals surface area (Å²) in [7, 11) is 0. The molecule has 0 saturated heterocycles. The number of nitrogens with one attached hydrogen (secondary N) is 3. The lowest BCUT2D eigenvalue weighted by molar-refractivity contribution is -0.123. The highest BCUT2D eigenvalue weighted by Gasteiger charge is 2.21. The van der Waals surface area contributed by atoms with E-state index < -0.39 is 17.9 Å². The molecule has 3 aromatic rings. The van der Waals surface area contributed by atoms with Crippen LogP contribution in [0.2, 0.25) is 5.02 Å². The van der Waals surface area contributed by atoms with E-state index in [0.29, 0.717) is 27.6 Å². The third-order valence-electron chi connectivity index (χ3n) is 5.26. The average Bonchev–Trinajstić information content (AvgIpc) is 2.88. The number of carbonyl (C=O) groups excluding carboxylic acids is 3. The first-order chi connectivity index (χ1) is 18.2. The lowest BCUT2D eigenvalue weighted by Gasteiger charge is -2.18. The molecule has 0 fully saturated rings. The molecule has 1 unspecified atom stereocenters.